The summed E-state index contributed by atoms with van der Waals surface area (Å²) in [5.74, 6) is 0.391. The molecular weight excluding hydrogens is 244 g/mol. The molecule has 0 aliphatic carbocycles. The molecule has 2 aliphatic rings. The maximum atomic E-state index is 12.7. The van der Waals surface area contributed by atoms with Crippen LogP contribution in [0.2, 0.25) is 0 Å². The first-order valence-corrected chi connectivity index (χ1v) is 7.25. The standard InChI is InChI=1S/C14H24N2O3/c1-4-14(5-2)13(18)16(10(3)12(17)15-14)8-11-6-7-19-9-11/h10-11H,4-9H2,1-3H3,(H,15,17). The molecule has 0 radical (unpaired) electrons. The lowest BCUT2D eigenvalue weighted by Gasteiger charge is -2.45. The maximum absolute atomic E-state index is 12.7. The fourth-order valence-corrected chi connectivity index (χ4v) is 2.96. The zero-order chi connectivity index (χ0) is 14.0. The van der Waals surface area contributed by atoms with Gasteiger partial charge < -0.3 is 15.0 Å². The average Bonchev–Trinajstić information content (AvgIpc) is 2.92. The first-order valence-electron chi connectivity index (χ1n) is 7.25. The van der Waals surface area contributed by atoms with E-state index in [1.165, 1.54) is 0 Å². The quantitative estimate of drug-likeness (QED) is 0.825. The van der Waals surface area contributed by atoms with E-state index in [-0.39, 0.29) is 17.9 Å². The largest absolute Gasteiger partial charge is 0.381 e. The van der Waals surface area contributed by atoms with E-state index in [2.05, 4.69) is 5.32 Å². The number of carbonyl (C=O) groups excluding carboxylic acids is 2. The van der Waals surface area contributed by atoms with Gasteiger partial charge in [0.2, 0.25) is 11.8 Å². The van der Waals surface area contributed by atoms with Gasteiger partial charge in [0.25, 0.3) is 0 Å². The Hall–Kier alpha value is -1.10. The molecule has 19 heavy (non-hydrogen) atoms. The van der Waals surface area contributed by atoms with E-state index in [4.69, 9.17) is 4.74 Å². The van der Waals surface area contributed by atoms with Gasteiger partial charge in [-0.2, -0.15) is 0 Å². The molecule has 2 amide bonds. The van der Waals surface area contributed by atoms with Gasteiger partial charge in [-0.1, -0.05) is 13.8 Å². The molecule has 2 aliphatic heterocycles. The summed E-state index contributed by atoms with van der Waals surface area (Å²) in [5.41, 5.74) is -0.705. The molecule has 2 fully saturated rings. The van der Waals surface area contributed by atoms with Crippen molar-refractivity contribution < 1.29 is 14.3 Å². The third-order valence-electron chi connectivity index (χ3n) is 4.57. The Morgan fingerprint density at radius 1 is 1.37 bits per heavy atom. The first kappa shape index (κ1) is 14.3. The summed E-state index contributed by atoms with van der Waals surface area (Å²) in [6.07, 6.45) is 2.25. The van der Waals surface area contributed by atoms with Crippen LogP contribution >= 0.6 is 0 Å². The first-order chi connectivity index (χ1) is 9.04. The van der Waals surface area contributed by atoms with Crippen LogP contribution in [0.15, 0.2) is 0 Å². The van der Waals surface area contributed by atoms with Crippen LogP contribution in [0.25, 0.3) is 0 Å². The van der Waals surface area contributed by atoms with Gasteiger partial charge >= 0.3 is 0 Å². The highest BCUT2D eigenvalue weighted by molar-refractivity contribution is 5.99. The number of amides is 2. The Kier molecular flexibility index (Phi) is 4.13. The summed E-state index contributed by atoms with van der Waals surface area (Å²) in [4.78, 5) is 26.6. The molecule has 5 nitrogen and oxygen atoms in total. The maximum Gasteiger partial charge on any atom is 0.248 e. The minimum absolute atomic E-state index is 0.0396. The van der Waals surface area contributed by atoms with Gasteiger partial charge in [-0.15, -0.1) is 0 Å². The lowest BCUT2D eigenvalue weighted by atomic mass is 9.87. The van der Waals surface area contributed by atoms with Crippen molar-refractivity contribution in [3.05, 3.63) is 0 Å². The lowest BCUT2D eigenvalue weighted by Crippen LogP contribution is -2.69. The number of ether oxygens (including phenoxy) is 1. The summed E-state index contributed by atoms with van der Waals surface area (Å²) < 4.78 is 5.36. The second-order valence-electron chi connectivity index (χ2n) is 5.64. The number of carbonyl (C=O) groups is 2. The van der Waals surface area contributed by atoms with Crippen LogP contribution in [0, 0.1) is 5.92 Å². The summed E-state index contributed by atoms with van der Waals surface area (Å²) in [6, 6.07) is -0.376. The van der Waals surface area contributed by atoms with Gasteiger partial charge in [0.15, 0.2) is 0 Å². The molecule has 2 atom stereocenters. The highest BCUT2D eigenvalue weighted by atomic mass is 16.5. The SMILES string of the molecule is CCC1(CC)NC(=O)C(C)N(CC2CCOC2)C1=O. The molecule has 0 saturated carbocycles. The van der Waals surface area contributed by atoms with Gasteiger partial charge in [-0.05, 0) is 26.2 Å². The number of rotatable bonds is 4. The fourth-order valence-electron chi connectivity index (χ4n) is 2.96. The second-order valence-corrected chi connectivity index (χ2v) is 5.64. The van der Waals surface area contributed by atoms with Gasteiger partial charge in [-0.3, -0.25) is 9.59 Å². The molecule has 108 valence electrons. The van der Waals surface area contributed by atoms with Crippen molar-refractivity contribution in [2.24, 2.45) is 5.92 Å². The van der Waals surface area contributed by atoms with Crippen molar-refractivity contribution in [2.75, 3.05) is 19.8 Å². The molecule has 0 aromatic rings. The number of piperazine rings is 1. The molecule has 0 bridgehead atoms. The average molecular weight is 268 g/mol. The molecular formula is C14H24N2O3. The van der Waals surface area contributed by atoms with Gasteiger partial charge in [0.1, 0.15) is 11.6 Å². The predicted octanol–water partition coefficient (Wildman–Crippen LogP) is 0.929. The normalized spacial score (nSPS) is 30.6. The van der Waals surface area contributed by atoms with Gasteiger partial charge in [-0.25, -0.2) is 0 Å². The summed E-state index contributed by atoms with van der Waals surface area (Å²) >= 11 is 0. The van der Waals surface area contributed by atoms with Crippen molar-refractivity contribution >= 4 is 11.8 Å². The Balaban J connectivity index is 2.18. The van der Waals surface area contributed by atoms with Crippen LogP contribution in [0.3, 0.4) is 0 Å². The second kappa shape index (κ2) is 5.49. The molecule has 0 aromatic heterocycles. The molecule has 2 rings (SSSR count). The summed E-state index contributed by atoms with van der Waals surface area (Å²) in [6.45, 7) is 7.81. The van der Waals surface area contributed by atoms with Crippen LogP contribution in [0.4, 0.5) is 0 Å². The van der Waals surface area contributed by atoms with E-state index in [0.717, 1.165) is 13.0 Å². The summed E-state index contributed by atoms with van der Waals surface area (Å²) in [7, 11) is 0. The lowest BCUT2D eigenvalue weighted by molar-refractivity contribution is -0.155. The van der Waals surface area contributed by atoms with Crippen molar-refractivity contribution in [1.29, 1.82) is 0 Å². The third kappa shape index (κ3) is 2.48. The van der Waals surface area contributed by atoms with Crippen molar-refractivity contribution in [3.8, 4) is 0 Å². The smallest absolute Gasteiger partial charge is 0.248 e. The highest BCUT2D eigenvalue weighted by Crippen LogP contribution is 2.27. The topological polar surface area (TPSA) is 58.6 Å². The van der Waals surface area contributed by atoms with Crippen molar-refractivity contribution in [2.45, 2.75) is 51.6 Å². The monoisotopic (exact) mass is 268 g/mol. The van der Waals surface area contributed by atoms with E-state index in [1.54, 1.807) is 11.8 Å². The third-order valence-corrected chi connectivity index (χ3v) is 4.57. The molecule has 2 saturated heterocycles. The van der Waals surface area contributed by atoms with Crippen molar-refractivity contribution in [1.82, 2.24) is 10.2 Å². The van der Waals surface area contributed by atoms with Gasteiger partial charge in [0.05, 0.1) is 6.61 Å². The van der Waals surface area contributed by atoms with Gasteiger partial charge in [0, 0.05) is 19.1 Å². The molecule has 0 spiro atoms. The number of nitrogens with one attached hydrogen (secondary N) is 1. The van der Waals surface area contributed by atoms with E-state index in [1.807, 2.05) is 13.8 Å². The molecule has 5 heteroatoms. The van der Waals surface area contributed by atoms with E-state index in [0.29, 0.717) is 31.9 Å². The van der Waals surface area contributed by atoms with Crippen molar-refractivity contribution in [3.63, 3.8) is 0 Å². The Bertz CT molecular complexity index is 360. The molecule has 1 N–H and O–H groups in total. The fraction of sp³-hybridized carbons (Fsp3) is 0.857. The minimum atomic E-state index is -0.705. The number of nitrogens with zero attached hydrogens (tertiary/aromatic N) is 1. The van der Waals surface area contributed by atoms with E-state index in [9.17, 15) is 9.59 Å². The summed E-state index contributed by atoms with van der Waals surface area (Å²) in [5, 5.41) is 2.92. The molecule has 0 aromatic carbocycles. The molecule has 2 unspecified atom stereocenters. The Morgan fingerprint density at radius 3 is 2.58 bits per heavy atom. The van der Waals surface area contributed by atoms with Crippen LogP contribution in [-0.2, 0) is 14.3 Å². The Morgan fingerprint density at radius 2 is 2.05 bits per heavy atom. The van der Waals surface area contributed by atoms with Crippen LogP contribution in [0.1, 0.15) is 40.0 Å². The number of hydrogen-bond acceptors (Lipinski definition) is 3. The number of hydrogen-bond donors (Lipinski definition) is 1. The van der Waals surface area contributed by atoms with E-state index < -0.39 is 5.54 Å². The van der Waals surface area contributed by atoms with Crippen LogP contribution < -0.4 is 5.32 Å². The Labute approximate surface area is 114 Å². The minimum Gasteiger partial charge on any atom is -0.381 e. The highest BCUT2D eigenvalue weighted by Gasteiger charge is 2.47. The van der Waals surface area contributed by atoms with Crippen LogP contribution in [0.5, 0.6) is 0 Å². The zero-order valence-corrected chi connectivity index (χ0v) is 12.1. The predicted molar refractivity (Wildman–Crippen MR) is 71.6 cm³/mol. The molecule has 2 heterocycles. The van der Waals surface area contributed by atoms with E-state index >= 15 is 0 Å². The zero-order valence-electron chi connectivity index (χ0n) is 12.1. The van der Waals surface area contributed by atoms with Crippen LogP contribution in [-0.4, -0.2) is 48.1 Å².